The minimum absolute atomic E-state index is 0.0309. The number of nitrogens with zero attached hydrogens (tertiary/aromatic N) is 2. The fraction of sp³-hybridized carbons (Fsp3) is 0.571. The first kappa shape index (κ1) is 16.9. The summed E-state index contributed by atoms with van der Waals surface area (Å²) in [4.78, 5) is 23.5. The SMILES string of the molecule is CCC(CC)(c1ncc(-c2cc(C(C)C)no2)o1)P(=O)(O)O. The van der Waals surface area contributed by atoms with E-state index < -0.39 is 12.8 Å². The fourth-order valence-corrected chi connectivity index (χ4v) is 3.55. The molecule has 0 spiro atoms. The fourth-order valence-electron chi connectivity index (χ4n) is 2.37. The summed E-state index contributed by atoms with van der Waals surface area (Å²) < 4.78 is 22.7. The van der Waals surface area contributed by atoms with E-state index in [4.69, 9.17) is 8.94 Å². The summed E-state index contributed by atoms with van der Waals surface area (Å²) in [6.45, 7) is 7.39. The van der Waals surface area contributed by atoms with Crippen molar-refractivity contribution in [1.29, 1.82) is 0 Å². The standard InChI is InChI=1S/C14H21N2O5P/c1-5-14(6-2,22(17,18)19)13-15-8-12(20-13)11-7-10(9(3)4)16-21-11/h7-9H,5-6H2,1-4H3,(H2,17,18,19). The highest BCUT2D eigenvalue weighted by Crippen LogP contribution is 2.60. The lowest BCUT2D eigenvalue weighted by atomic mass is 10.0. The average molecular weight is 328 g/mol. The highest BCUT2D eigenvalue weighted by atomic mass is 31.2. The van der Waals surface area contributed by atoms with E-state index in [1.165, 1.54) is 6.20 Å². The highest BCUT2D eigenvalue weighted by Gasteiger charge is 2.49. The van der Waals surface area contributed by atoms with Gasteiger partial charge >= 0.3 is 7.60 Å². The van der Waals surface area contributed by atoms with Crippen LogP contribution in [0.4, 0.5) is 0 Å². The Kier molecular flexibility index (Phi) is 4.61. The number of aromatic nitrogens is 2. The van der Waals surface area contributed by atoms with E-state index in [0.29, 0.717) is 11.5 Å². The molecule has 0 saturated heterocycles. The second-order valence-electron chi connectivity index (χ2n) is 5.58. The number of oxazole rings is 1. The van der Waals surface area contributed by atoms with Crippen molar-refractivity contribution in [2.75, 3.05) is 0 Å². The van der Waals surface area contributed by atoms with E-state index in [1.807, 2.05) is 13.8 Å². The lowest BCUT2D eigenvalue weighted by Gasteiger charge is -2.28. The van der Waals surface area contributed by atoms with Gasteiger partial charge in [0.2, 0.25) is 11.7 Å². The number of rotatable bonds is 6. The van der Waals surface area contributed by atoms with E-state index in [0.717, 1.165) is 5.69 Å². The molecule has 0 fully saturated rings. The van der Waals surface area contributed by atoms with Crippen molar-refractivity contribution in [2.24, 2.45) is 0 Å². The van der Waals surface area contributed by atoms with Crippen LogP contribution in [-0.2, 0) is 9.72 Å². The zero-order chi connectivity index (χ0) is 16.5. The number of hydrogen-bond donors (Lipinski definition) is 2. The van der Waals surface area contributed by atoms with Crippen LogP contribution >= 0.6 is 7.60 Å². The smallest absolute Gasteiger partial charge is 0.340 e. The summed E-state index contributed by atoms with van der Waals surface area (Å²) in [7, 11) is -4.42. The molecule has 2 N–H and O–H groups in total. The van der Waals surface area contributed by atoms with Gasteiger partial charge in [-0.1, -0.05) is 32.9 Å². The maximum Gasteiger partial charge on any atom is 0.340 e. The van der Waals surface area contributed by atoms with Crippen LogP contribution in [0, 0.1) is 0 Å². The normalized spacial score (nSPS) is 13.0. The Labute approximate surface area is 128 Å². The Morgan fingerprint density at radius 2 is 1.91 bits per heavy atom. The monoisotopic (exact) mass is 328 g/mol. The van der Waals surface area contributed by atoms with Crippen LogP contribution in [-0.4, -0.2) is 19.9 Å². The van der Waals surface area contributed by atoms with Gasteiger partial charge in [0.15, 0.2) is 5.76 Å². The van der Waals surface area contributed by atoms with Crippen LogP contribution < -0.4 is 0 Å². The van der Waals surface area contributed by atoms with Gasteiger partial charge in [0.1, 0.15) is 5.16 Å². The van der Waals surface area contributed by atoms with Gasteiger partial charge in [0.25, 0.3) is 0 Å². The van der Waals surface area contributed by atoms with E-state index in [9.17, 15) is 14.4 Å². The third-order valence-electron chi connectivity index (χ3n) is 3.99. The average Bonchev–Trinajstić information content (AvgIpc) is 3.07. The predicted molar refractivity (Wildman–Crippen MR) is 80.4 cm³/mol. The summed E-state index contributed by atoms with van der Waals surface area (Å²) in [6.07, 6.45) is 1.86. The molecule has 2 rings (SSSR count). The molecular formula is C14H21N2O5P. The Hall–Kier alpha value is -1.43. The van der Waals surface area contributed by atoms with Crippen molar-refractivity contribution in [3.63, 3.8) is 0 Å². The highest BCUT2D eigenvalue weighted by molar-refractivity contribution is 7.53. The van der Waals surface area contributed by atoms with Crippen LogP contribution in [0.3, 0.4) is 0 Å². The molecule has 0 aliphatic carbocycles. The third kappa shape index (κ3) is 2.76. The topological polar surface area (TPSA) is 110 Å². The molecule has 0 aliphatic heterocycles. The second kappa shape index (κ2) is 5.99. The van der Waals surface area contributed by atoms with E-state index in [-0.39, 0.29) is 24.7 Å². The zero-order valence-corrected chi connectivity index (χ0v) is 14.0. The van der Waals surface area contributed by atoms with E-state index >= 15 is 0 Å². The third-order valence-corrected chi connectivity index (χ3v) is 5.93. The van der Waals surface area contributed by atoms with E-state index in [1.54, 1.807) is 19.9 Å². The molecule has 2 aromatic rings. The van der Waals surface area contributed by atoms with Gasteiger partial charge in [-0.3, -0.25) is 4.57 Å². The summed E-state index contributed by atoms with van der Waals surface area (Å²) in [6, 6.07) is 1.74. The van der Waals surface area contributed by atoms with Crippen LogP contribution in [0.1, 0.15) is 58.0 Å². The Morgan fingerprint density at radius 1 is 1.27 bits per heavy atom. The van der Waals surface area contributed by atoms with Crippen LogP contribution in [0.25, 0.3) is 11.5 Å². The van der Waals surface area contributed by atoms with Crippen molar-refractivity contribution in [2.45, 2.75) is 51.6 Å². The largest absolute Gasteiger partial charge is 0.436 e. The summed E-state index contributed by atoms with van der Waals surface area (Å²) in [5.74, 6) is 0.951. The molecule has 0 saturated carbocycles. The molecule has 0 unspecified atom stereocenters. The molecule has 0 amide bonds. The molecule has 0 radical (unpaired) electrons. The molecule has 22 heavy (non-hydrogen) atoms. The van der Waals surface area contributed by atoms with Crippen LogP contribution in [0.15, 0.2) is 21.2 Å². The van der Waals surface area contributed by atoms with Gasteiger partial charge in [-0.2, -0.15) is 0 Å². The van der Waals surface area contributed by atoms with Crippen LogP contribution in [0.5, 0.6) is 0 Å². The van der Waals surface area contributed by atoms with Crippen molar-refractivity contribution >= 4 is 7.60 Å². The maximum absolute atomic E-state index is 11.9. The minimum atomic E-state index is -4.42. The maximum atomic E-state index is 11.9. The van der Waals surface area contributed by atoms with Gasteiger partial charge in [0, 0.05) is 6.07 Å². The molecule has 7 nitrogen and oxygen atoms in total. The predicted octanol–water partition coefficient (Wildman–Crippen LogP) is 3.65. The quantitative estimate of drug-likeness (QED) is 0.779. The van der Waals surface area contributed by atoms with Crippen LogP contribution in [0.2, 0.25) is 0 Å². The van der Waals surface area contributed by atoms with E-state index in [2.05, 4.69) is 10.1 Å². The van der Waals surface area contributed by atoms with Gasteiger partial charge in [-0.05, 0) is 18.8 Å². The lowest BCUT2D eigenvalue weighted by molar-refractivity contribution is 0.284. The molecule has 122 valence electrons. The molecule has 0 bridgehead atoms. The van der Waals surface area contributed by atoms with Gasteiger partial charge in [0.05, 0.1) is 11.9 Å². The molecular weight excluding hydrogens is 307 g/mol. The first-order chi connectivity index (χ1) is 10.2. The second-order valence-corrected chi connectivity index (χ2v) is 7.53. The van der Waals surface area contributed by atoms with Crippen molar-refractivity contribution in [3.05, 3.63) is 23.8 Å². The molecule has 0 atom stereocenters. The lowest BCUT2D eigenvalue weighted by Crippen LogP contribution is -2.24. The first-order valence-electron chi connectivity index (χ1n) is 7.24. The number of hydrogen-bond acceptors (Lipinski definition) is 5. The van der Waals surface area contributed by atoms with Gasteiger partial charge < -0.3 is 18.7 Å². The molecule has 2 aromatic heterocycles. The van der Waals surface area contributed by atoms with Crippen molar-refractivity contribution in [3.8, 4) is 11.5 Å². The molecule has 2 heterocycles. The summed E-state index contributed by atoms with van der Waals surface area (Å²) in [5.41, 5.74) is 0.778. The van der Waals surface area contributed by atoms with Gasteiger partial charge in [-0.25, -0.2) is 4.98 Å². The molecule has 8 heteroatoms. The first-order valence-corrected chi connectivity index (χ1v) is 8.85. The molecule has 0 aliphatic rings. The van der Waals surface area contributed by atoms with Gasteiger partial charge in [-0.15, -0.1) is 0 Å². The zero-order valence-electron chi connectivity index (χ0n) is 13.1. The van der Waals surface area contributed by atoms with Crippen molar-refractivity contribution < 1.29 is 23.3 Å². The Balaban J connectivity index is 2.43. The minimum Gasteiger partial charge on any atom is -0.436 e. The van der Waals surface area contributed by atoms with Crippen molar-refractivity contribution in [1.82, 2.24) is 10.1 Å². The molecule has 0 aromatic carbocycles. The Bertz CT molecular complexity index is 681. The summed E-state index contributed by atoms with van der Waals surface area (Å²) >= 11 is 0. The Morgan fingerprint density at radius 3 is 2.36 bits per heavy atom. The summed E-state index contributed by atoms with van der Waals surface area (Å²) in [5, 5.41) is 2.53.